The molecule has 2 aromatic carbocycles. The number of halogens is 3. The molecule has 0 radical (unpaired) electrons. The van der Waals surface area contributed by atoms with Crippen molar-refractivity contribution in [3.63, 3.8) is 0 Å². The topological polar surface area (TPSA) is 58.1 Å². The van der Waals surface area contributed by atoms with Gasteiger partial charge in [-0.15, -0.1) is 0 Å². The Balaban J connectivity index is 2.19. The molecule has 7 heteroatoms. The Kier molecular flexibility index (Phi) is 4.39. The standard InChI is InChI=1S/C18H15F3N2O2/c1-2-25-12-8-9-13(14(24)10-12)16-15(11-6-4-3-5-7-11)17(23-22-16)18(19,20)21/h3-10,24H,2H2,1H3,(H,22,23). The van der Waals surface area contributed by atoms with Crippen LogP contribution in [0.1, 0.15) is 12.6 Å². The van der Waals surface area contributed by atoms with Gasteiger partial charge in [-0.05, 0) is 24.6 Å². The third-order valence-corrected chi connectivity index (χ3v) is 3.65. The monoisotopic (exact) mass is 348 g/mol. The van der Waals surface area contributed by atoms with Gasteiger partial charge in [-0.25, -0.2) is 0 Å². The van der Waals surface area contributed by atoms with Gasteiger partial charge >= 0.3 is 6.18 Å². The lowest BCUT2D eigenvalue weighted by atomic mass is 9.98. The van der Waals surface area contributed by atoms with E-state index in [0.717, 1.165) is 0 Å². The van der Waals surface area contributed by atoms with Crippen molar-refractivity contribution in [2.45, 2.75) is 13.1 Å². The molecule has 25 heavy (non-hydrogen) atoms. The minimum atomic E-state index is -4.60. The third kappa shape index (κ3) is 3.31. The van der Waals surface area contributed by atoms with Crippen LogP contribution in [0.15, 0.2) is 48.5 Å². The van der Waals surface area contributed by atoms with E-state index in [1.54, 1.807) is 43.3 Å². The van der Waals surface area contributed by atoms with Crippen LogP contribution in [0, 0.1) is 0 Å². The number of nitrogens with zero attached hydrogens (tertiary/aromatic N) is 1. The Hall–Kier alpha value is -2.96. The van der Waals surface area contributed by atoms with E-state index in [-0.39, 0.29) is 22.6 Å². The smallest absolute Gasteiger partial charge is 0.433 e. The molecule has 0 bridgehead atoms. The number of rotatable bonds is 4. The van der Waals surface area contributed by atoms with E-state index in [2.05, 4.69) is 10.2 Å². The maximum absolute atomic E-state index is 13.4. The quantitative estimate of drug-likeness (QED) is 0.707. The molecule has 0 aliphatic carbocycles. The van der Waals surface area contributed by atoms with E-state index >= 15 is 0 Å². The van der Waals surface area contributed by atoms with Crippen LogP contribution in [0.2, 0.25) is 0 Å². The highest BCUT2D eigenvalue weighted by molar-refractivity contribution is 5.85. The average molecular weight is 348 g/mol. The molecule has 1 aromatic heterocycles. The summed E-state index contributed by atoms with van der Waals surface area (Å²) in [6.45, 7) is 2.20. The van der Waals surface area contributed by atoms with E-state index in [0.29, 0.717) is 17.9 Å². The van der Waals surface area contributed by atoms with Crippen molar-refractivity contribution in [2.24, 2.45) is 0 Å². The third-order valence-electron chi connectivity index (χ3n) is 3.65. The Morgan fingerprint density at radius 1 is 1.12 bits per heavy atom. The maximum Gasteiger partial charge on any atom is 0.433 e. The Bertz CT molecular complexity index is 874. The maximum atomic E-state index is 13.4. The summed E-state index contributed by atoms with van der Waals surface area (Å²) in [5.41, 5.74) is -0.491. The van der Waals surface area contributed by atoms with Crippen LogP contribution in [0.5, 0.6) is 11.5 Å². The highest BCUT2D eigenvalue weighted by atomic mass is 19.4. The first kappa shape index (κ1) is 16.9. The van der Waals surface area contributed by atoms with Crippen molar-refractivity contribution in [1.29, 1.82) is 0 Å². The van der Waals surface area contributed by atoms with Gasteiger partial charge in [0.25, 0.3) is 0 Å². The number of alkyl halides is 3. The fraction of sp³-hybridized carbons (Fsp3) is 0.167. The minimum Gasteiger partial charge on any atom is -0.507 e. The van der Waals surface area contributed by atoms with Gasteiger partial charge in [0.05, 0.1) is 6.61 Å². The second-order valence-electron chi connectivity index (χ2n) is 5.30. The number of aromatic amines is 1. The number of hydrogen-bond donors (Lipinski definition) is 2. The zero-order valence-corrected chi connectivity index (χ0v) is 13.3. The predicted octanol–water partition coefficient (Wildman–Crippen LogP) is 4.87. The first-order chi connectivity index (χ1) is 11.9. The molecular formula is C18H15F3N2O2. The lowest BCUT2D eigenvalue weighted by Gasteiger charge is -2.11. The molecule has 1 heterocycles. The van der Waals surface area contributed by atoms with Gasteiger partial charge < -0.3 is 9.84 Å². The molecule has 0 saturated heterocycles. The number of aromatic hydroxyl groups is 1. The largest absolute Gasteiger partial charge is 0.507 e. The van der Waals surface area contributed by atoms with Gasteiger partial charge in [0, 0.05) is 17.2 Å². The number of phenolic OH excluding ortho intramolecular Hbond substituents is 1. The van der Waals surface area contributed by atoms with Crippen LogP contribution in [0.3, 0.4) is 0 Å². The number of H-pyrrole nitrogens is 1. The molecule has 0 atom stereocenters. The number of nitrogens with one attached hydrogen (secondary N) is 1. The summed E-state index contributed by atoms with van der Waals surface area (Å²) in [6.07, 6.45) is -4.60. The second-order valence-corrected chi connectivity index (χ2v) is 5.30. The Morgan fingerprint density at radius 3 is 2.44 bits per heavy atom. The molecular weight excluding hydrogens is 333 g/mol. The molecule has 0 fully saturated rings. The minimum absolute atomic E-state index is 0.0269. The lowest BCUT2D eigenvalue weighted by Crippen LogP contribution is -2.07. The number of aromatic nitrogens is 2. The zero-order chi connectivity index (χ0) is 18.0. The SMILES string of the molecule is CCOc1ccc(-c2n[nH]c(C(F)(F)F)c2-c2ccccc2)c(O)c1. The molecule has 0 saturated carbocycles. The molecule has 0 aliphatic rings. The average Bonchev–Trinajstić information content (AvgIpc) is 3.01. The summed E-state index contributed by atoms with van der Waals surface area (Å²) in [5, 5.41) is 16.1. The first-order valence-corrected chi connectivity index (χ1v) is 7.59. The van der Waals surface area contributed by atoms with Gasteiger partial charge in [-0.3, -0.25) is 5.10 Å². The predicted molar refractivity (Wildman–Crippen MR) is 87.3 cm³/mol. The van der Waals surface area contributed by atoms with Crippen LogP contribution in [-0.2, 0) is 6.18 Å². The Morgan fingerprint density at radius 2 is 1.84 bits per heavy atom. The molecule has 3 rings (SSSR count). The van der Waals surface area contributed by atoms with Gasteiger partial charge in [0.15, 0.2) is 0 Å². The first-order valence-electron chi connectivity index (χ1n) is 7.59. The normalized spacial score (nSPS) is 11.5. The summed E-state index contributed by atoms with van der Waals surface area (Å²) in [4.78, 5) is 0. The van der Waals surface area contributed by atoms with E-state index < -0.39 is 11.9 Å². The molecule has 0 spiro atoms. The van der Waals surface area contributed by atoms with Crippen LogP contribution < -0.4 is 4.74 Å². The molecule has 0 unspecified atom stereocenters. The van der Waals surface area contributed by atoms with E-state index in [9.17, 15) is 18.3 Å². The van der Waals surface area contributed by atoms with E-state index in [1.807, 2.05) is 0 Å². The van der Waals surface area contributed by atoms with E-state index in [4.69, 9.17) is 4.74 Å². The van der Waals surface area contributed by atoms with Gasteiger partial charge in [0.2, 0.25) is 0 Å². The van der Waals surface area contributed by atoms with Gasteiger partial charge in [0.1, 0.15) is 22.9 Å². The summed E-state index contributed by atoms with van der Waals surface area (Å²) >= 11 is 0. The summed E-state index contributed by atoms with van der Waals surface area (Å²) in [7, 11) is 0. The molecule has 130 valence electrons. The zero-order valence-electron chi connectivity index (χ0n) is 13.3. The number of benzene rings is 2. The lowest BCUT2D eigenvalue weighted by molar-refractivity contribution is -0.140. The van der Waals surface area contributed by atoms with Crippen LogP contribution in [0.25, 0.3) is 22.4 Å². The molecule has 0 aliphatic heterocycles. The van der Waals surface area contributed by atoms with Crippen LogP contribution >= 0.6 is 0 Å². The summed E-state index contributed by atoms with van der Waals surface area (Å²) < 4.78 is 45.4. The van der Waals surface area contributed by atoms with Gasteiger partial charge in [-0.1, -0.05) is 30.3 Å². The summed E-state index contributed by atoms with van der Waals surface area (Å²) in [5.74, 6) is 0.222. The van der Waals surface area contributed by atoms with Crippen molar-refractivity contribution < 1.29 is 23.0 Å². The number of hydrogen-bond acceptors (Lipinski definition) is 3. The highest BCUT2D eigenvalue weighted by Crippen LogP contribution is 2.43. The van der Waals surface area contributed by atoms with Crippen molar-refractivity contribution >= 4 is 0 Å². The molecule has 0 amide bonds. The Labute approximate surface area is 141 Å². The number of ether oxygens (including phenoxy) is 1. The molecule has 4 nitrogen and oxygen atoms in total. The second kappa shape index (κ2) is 6.51. The van der Waals surface area contributed by atoms with Gasteiger partial charge in [-0.2, -0.15) is 18.3 Å². The van der Waals surface area contributed by atoms with Crippen molar-refractivity contribution in [2.75, 3.05) is 6.61 Å². The fourth-order valence-corrected chi connectivity index (χ4v) is 2.60. The van der Waals surface area contributed by atoms with Crippen LogP contribution in [0.4, 0.5) is 13.2 Å². The highest BCUT2D eigenvalue weighted by Gasteiger charge is 2.38. The fourth-order valence-electron chi connectivity index (χ4n) is 2.60. The molecule has 3 aromatic rings. The van der Waals surface area contributed by atoms with Crippen molar-refractivity contribution in [3.8, 4) is 33.9 Å². The van der Waals surface area contributed by atoms with E-state index in [1.165, 1.54) is 12.1 Å². The molecule has 2 N–H and O–H groups in total. The number of phenols is 1. The van der Waals surface area contributed by atoms with Crippen LogP contribution in [-0.4, -0.2) is 21.9 Å². The van der Waals surface area contributed by atoms with Crippen molar-refractivity contribution in [1.82, 2.24) is 10.2 Å². The summed E-state index contributed by atoms with van der Waals surface area (Å²) in [6, 6.07) is 12.6. The van der Waals surface area contributed by atoms with Crippen molar-refractivity contribution in [3.05, 3.63) is 54.2 Å².